The van der Waals surface area contributed by atoms with Crippen molar-refractivity contribution in [2.24, 2.45) is 11.8 Å². The lowest BCUT2D eigenvalue weighted by Gasteiger charge is -2.29. The van der Waals surface area contributed by atoms with Gasteiger partial charge in [-0.2, -0.15) is 5.10 Å². The van der Waals surface area contributed by atoms with Gasteiger partial charge in [0.25, 0.3) is 0 Å². The molecule has 6 nitrogen and oxygen atoms in total. The first-order valence-electron chi connectivity index (χ1n) is 12.6. The van der Waals surface area contributed by atoms with Crippen LogP contribution in [0, 0.1) is 11.8 Å². The molecule has 4 rings (SSSR count). The molecule has 186 valence electrons. The molecule has 3 aromatic rings. The lowest BCUT2D eigenvalue weighted by molar-refractivity contribution is -0.142. The van der Waals surface area contributed by atoms with Gasteiger partial charge in [0, 0.05) is 23.4 Å². The Bertz CT molecular complexity index is 1110. The van der Waals surface area contributed by atoms with Crippen molar-refractivity contribution in [2.75, 3.05) is 20.3 Å². The Hall–Kier alpha value is -3.12. The van der Waals surface area contributed by atoms with Crippen molar-refractivity contribution in [2.45, 2.75) is 52.0 Å². The Morgan fingerprint density at radius 1 is 1.03 bits per heavy atom. The zero-order chi connectivity index (χ0) is 24.8. The minimum absolute atomic E-state index is 0.208. The van der Waals surface area contributed by atoms with Crippen LogP contribution >= 0.6 is 0 Å². The molecule has 0 radical (unpaired) electrons. The van der Waals surface area contributed by atoms with Gasteiger partial charge < -0.3 is 14.6 Å². The van der Waals surface area contributed by atoms with Crippen LogP contribution in [0.15, 0.2) is 54.6 Å². The summed E-state index contributed by atoms with van der Waals surface area (Å²) < 4.78 is 13.1. The lowest BCUT2D eigenvalue weighted by atomic mass is 9.82. The van der Waals surface area contributed by atoms with Crippen LogP contribution in [-0.4, -0.2) is 41.2 Å². The fourth-order valence-electron chi connectivity index (χ4n) is 5.20. The van der Waals surface area contributed by atoms with Crippen LogP contribution in [0.3, 0.4) is 0 Å². The Kier molecular flexibility index (Phi) is 8.24. The maximum Gasteiger partial charge on any atom is 0.329 e. The standard InChI is InChI=1S/C29H36N2O4/c1-20(2)29-27(24-10-7-11-25(16-24)34-3)28(23-8-5-4-6-9-23)30-31(29)17-21-12-14-22(15-13-21)18-35-19-26(32)33/h4-11,16,20-22H,12-15,17-19H2,1-3H3,(H,32,33). The summed E-state index contributed by atoms with van der Waals surface area (Å²) in [5.41, 5.74) is 5.69. The summed E-state index contributed by atoms with van der Waals surface area (Å²) in [4.78, 5) is 10.7. The first-order valence-corrected chi connectivity index (χ1v) is 12.6. The van der Waals surface area contributed by atoms with Gasteiger partial charge in [-0.05, 0) is 61.1 Å². The molecule has 1 aliphatic carbocycles. The van der Waals surface area contributed by atoms with Crippen molar-refractivity contribution in [1.82, 2.24) is 9.78 Å². The third-order valence-electron chi connectivity index (χ3n) is 6.92. The molecule has 2 aromatic carbocycles. The van der Waals surface area contributed by atoms with Crippen molar-refractivity contribution in [1.29, 1.82) is 0 Å². The summed E-state index contributed by atoms with van der Waals surface area (Å²) in [6.07, 6.45) is 4.34. The molecule has 1 N–H and O–H groups in total. The van der Waals surface area contributed by atoms with Gasteiger partial charge in [-0.1, -0.05) is 56.3 Å². The molecule has 1 heterocycles. The van der Waals surface area contributed by atoms with E-state index in [9.17, 15) is 4.79 Å². The molecule has 0 spiro atoms. The number of carbonyl (C=O) groups is 1. The van der Waals surface area contributed by atoms with Gasteiger partial charge in [-0.3, -0.25) is 4.68 Å². The number of aromatic nitrogens is 2. The summed E-state index contributed by atoms with van der Waals surface area (Å²) in [5, 5.41) is 14.0. The van der Waals surface area contributed by atoms with E-state index in [0.29, 0.717) is 24.4 Å². The van der Waals surface area contributed by atoms with E-state index < -0.39 is 5.97 Å². The lowest BCUT2D eigenvalue weighted by Crippen LogP contribution is -2.24. The van der Waals surface area contributed by atoms with E-state index in [1.54, 1.807) is 7.11 Å². The first kappa shape index (κ1) is 25.0. The van der Waals surface area contributed by atoms with E-state index in [1.165, 1.54) is 11.3 Å². The molecular weight excluding hydrogens is 440 g/mol. The molecule has 0 amide bonds. The van der Waals surface area contributed by atoms with Gasteiger partial charge in [-0.15, -0.1) is 0 Å². The van der Waals surface area contributed by atoms with Gasteiger partial charge in [0.1, 0.15) is 18.1 Å². The number of carboxylic acid groups (broad SMARTS) is 1. The molecule has 0 aliphatic heterocycles. The van der Waals surface area contributed by atoms with E-state index in [4.69, 9.17) is 19.7 Å². The number of methoxy groups -OCH3 is 1. The highest BCUT2D eigenvalue weighted by atomic mass is 16.5. The van der Waals surface area contributed by atoms with Crippen molar-refractivity contribution >= 4 is 5.97 Å². The van der Waals surface area contributed by atoms with Crippen LogP contribution < -0.4 is 4.74 Å². The number of hydrogen-bond acceptors (Lipinski definition) is 4. The Balaban J connectivity index is 1.62. The SMILES string of the molecule is COc1cccc(-c2c(-c3ccccc3)nn(CC3CCC(COCC(=O)O)CC3)c2C(C)C)c1. The van der Waals surface area contributed by atoms with Crippen LogP contribution in [0.25, 0.3) is 22.4 Å². The Labute approximate surface area is 207 Å². The molecule has 1 aliphatic rings. The van der Waals surface area contributed by atoms with Gasteiger partial charge in [0.15, 0.2) is 0 Å². The largest absolute Gasteiger partial charge is 0.497 e. The second-order valence-electron chi connectivity index (χ2n) is 9.84. The van der Waals surface area contributed by atoms with E-state index in [0.717, 1.165) is 54.8 Å². The van der Waals surface area contributed by atoms with Gasteiger partial charge in [0.2, 0.25) is 0 Å². The number of benzene rings is 2. The maximum absolute atomic E-state index is 10.7. The zero-order valence-electron chi connectivity index (χ0n) is 20.9. The van der Waals surface area contributed by atoms with E-state index in [1.807, 2.05) is 18.2 Å². The molecule has 1 aromatic heterocycles. The van der Waals surface area contributed by atoms with Crippen LogP contribution in [0.5, 0.6) is 5.75 Å². The van der Waals surface area contributed by atoms with Crippen molar-refractivity contribution in [3.8, 4) is 28.1 Å². The summed E-state index contributed by atoms with van der Waals surface area (Å²) in [7, 11) is 1.70. The molecule has 0 bridgehead atoms. The number of rotatable bonds is 10. The fourth-order valence-corrected chi connectivity index (χ4v) is 5.20. The third kappa shape index (κ3) is 6.12. The molecule has 35 heavy (non-hydrogen) atoms. The number of carboxylic acids is 1. The third-order valence-corrected chi connectivity index (χ3v) is 6.92. The predicted molar refractivity (Wildman–Crippen MR) is 138 cm³/mol. The minimum Gasteiger partial charge on any atom is -0.497 e. The van der Waals surface area contributed by atoms with Crippen molar-refractivity contribution < 1.29 is 19.4 Å². The highest BCUT2D eigenvalue weighted by Crippen LogP contribution is 2.40. The van der Waals surface area contributed by atoms with E-state index >= 15 is 0 Å². The number of aliphatic carboxylic acids is 1. The van der Waals surface area contributed by atoms with Gasteiger partial charge in [0.05, 0.1) is 13.7 Å². The van der Waals surface area contributed by atoms with Crippen molar-refractivity contribution in [3.63, 3.8) is 0 Å². The number of ether oxygens (including phenoxy) is 2. The Morgan fingerprint density at radius 3 is 2.37 bits per heavy atom. The average Bonchev–Trinajstić information content (AvgIpc) is 3.25. The fraction of sp³-hybridized carbons (Fsp3) is 0.448. The van der Waals surface area contributed by atoms with Crippen LogP contribution in [-0.2, 0) is 16.1 Å². The van der Waals surface area contributed by atoms with E-state index in [2.05, 4.69) is 54.9 Å². The van der Waals surface area contributed by atoms with Gasteiger partial charge >= 0.3 is 5.97 Å². The summed E-state index contributed by atoms with van der Waals surface area (Å²) in [6.45, 7) is 5.70. The minimum atomic E-state index is -0.903. The second kappa shape index (κ2) is 11.5. The summed E-state index contributed by atoms with van der Waals surface area (Å²) in [5.74, 6) is 1.24. The van der Waals surface area contributed by atoms with Crippen LogP contribution in [0.2, 0.25) is 0 Å². The highest BCUT2D eigenvalue weighted by molar-refractivity contribution is 5.83. The molecule has 0 unspecified atom stereocenters. The predicted octanol–water partition coefficient (Wildman–Crippen LogP) is 6.26. The van der Waals surface area contributed by atoms with Crippen LogP contribution in [0.1, 0.15) is 51.1 Å². The number of nitrogens with zero attached hydrogens (tertiary/aromatic N) is 2. The second-order valence-corrected chi connectivity index (χ2v) is 9.84. The maximum atomic E-state index is 10.7. The van der Waals surface area contributed by atoms with Gasteiger partial charge in [-0.25, -0.2) is 4.79 Å². The zero-order valence-corrected chi connectivity index (χ0v) is 20.9. The van der Waals surface area contributed by atoms with Crippen molar-refractivity contribution in [3.05, 3.63) is 60.3 Å². The normalized spacial score (nSPS) is 18.1. The molecular formula is C29H36N2O4. The smallest absolute Gasteiger partial charge is 0.329 e. The molecule has 6 heteroatoms. The molecule has 1 saturated carbocycles. The quantitative estimate of drug-likeness (QED) is 0.374. The molecule has 0 saturated heterocycles. The first-order chi connectivity index (χ1) is 17.0. The summed E-state index contributed by atoms with van der Waals surface area (Å²) in [6, 6.07) is 18.7. The highest BCUT2D eigenvalue weighted by Gasteiger charge is 2.27. The summed E-state index contributed by atoms with van der Waals surface area (Å²) >= 11 is 0. The Morgan fingerprint density at radius 2 is 1.71 bits per heavy atom. The average molecular weight is 477 g/mol. The topological polar surface area (TPSA) is 73.6 Å². The molecule has 0 atom stereocenters. The molecule has 1 fully saturated rings. The van der Waals surface area contributed by atoms with Crippen LogP contribution in [0.4, 0.5) is 0 Å². The van der Waals surface area contributed by atoms with E-state index in [-0.39, 0.29) is 6.61 Å². The number of hydrogen-bond donors (Lipinski definition) is 1. The monoisotopic (exact) mass is 476 g/mol.